The first-order valence-electron chi connectivity index (χ1n) is 11.0. The van der Waals surface area contributed by atoms with Crippen molar-refractivity contribution >= 4 is 27.4 Å². The molecule has 1 aliphatic rings. The van der Waals surface area contributed by atoms with Crippen LogP contribution < -0.4 is 10.1 Å². The van der Waals surface area contributed by atoms with Gasteiger partial charge < -0.3 is 15.2 Å². The van der Waals surface area contributed by atoms with Gasteiger partial charge in [-0.25, -0.2) is 4.98 Å². The summed E-state index contributed by atoms with van der Waals surface area (Å²) in [6.07, 6.45) is 3.82. The predicted molar refractivity (Wildman–Crippen MR) is 133 cm³/mol. The average molecular weight is 508 g/mol. The molecule has 1 aliphatic heterocycles. The number of rotatable bonds is 6. The number of hydrogen-bond acceptors (Lipinski definition) is 6. The number of halogens is 1. The molecule has 0 unspecified atom stereocenters. The van der Waals surface area contributed by atoms with E-state index in [9.17, 15) is 5.11 Å². The SMILES string of the molecule is COc1ccc(CN2CCC(Nc3cc(-c4ccccc4O)nc4c(Br)cnn34)CC2)cc1. The van der Waals surface area contributed by atoms with Crippen LogP contribution in [0.25, 0.3) is 16.9 Å². The molecule has 170 valence electrons. The van der Waals surface area contributed by atoms with Gasteiger partial charge in [-0.05, 0) is 58.6 Å². The molecule has 2 N–H and O–H groups in total. The number of phenols is 1. The van der Waals surface area contributed by atoms with Gasteiger partial charge in [0.05, 0.1) is 23.5 Å². The number of phenolic OH excluding ortho intramolecular Hbond substituents is 1. The van der Waals surface area contributed by atoms with Crippen LogP contribution in [-0.2, 0) is 6.54 Å². The number of nitrogens with zero attached hydrogens (tertiary/aromatic N) is 4. The number of anilines is 1. The van der Waals surface area contributed by atoms with E-state index < -0.39 is 0 Å². The first-order chi connectivity index (χ1) is 16.1. The summed E-state index contributed by atoms with van der Waals surface area (Å²) in [6, 6.07) is 17.9. The summed E-state index contributed by atoms with van der Waals surface area (Å²) in [5.74, 6) is 1.97. The van der Waals surface area contributed by atoms with Gasteiger partial charge in [-0.15, -0.1) is 0 Å². The van der Waals surface area contributed by atoms with Gasteiger partial charge in [-0.3, -0.25) is 4.90 Å². The number of fused-ring (bicyclic) bond motifs is 1. The average Bonchev–Trinajstić information content (AvgIpc) is 3.22. The van der Waals surface area contributed by atoms with Crippen molar-refractivity contribution in [3.8, 4) is 22.8 Å². The zero-order valence-electron chi connectivity index (χ0n) is 18.4. The van der Waals surface area contributed by atoms with Gasteiger partial charge in [-0.2, -0.15) is 9.61 Å². The van der Waals surface area contributed by atoms with Crippen LogP contribution in [0, 0.1) is 0 Å². The molecule has 0 atom stereocenters. The van der Waals surface area contributed by atoms with E-state index in [2.05, 4.69) is 43.4 Å². The summed E-state index contributed by atoms with van der Waals surface area (Å²) in [4.78, 5) is 7.21. The lowest BCUT2D eigenvalue weighted by Gasteiger charge is -2.33. The minimum absolute atomic E-state index is 0.211. The van der Waals surface area contributed by atoms with Gasteiger partial charge in [0.1, 0.15) is 17.3 Å². The van der Waals surface area contributed by atoms with E-state index in [1.165, 1.54) is 5.56 Å². The molecule has 1 fully saturated rings. The van der Waals surface area contributed by atoms with E-state index >= 15 is 0 Å². The van der Waals surface area contributed by atoms with Crippen molar-refractivity contribution in [2.45, 2.75) is 25.4 Å². The lowest BCUT2D eigenvalue weighted by atomic mass is 10.0. The Labute approximate surface area is 201 Å². The van der Waals surface area contributed by atoms with Crippen molar-refractivity contribution in [2.24, 2.45) is 0 Å². The lowest BCUT2D eigenvalue weighted by molar-refractivity contribution is 0.211. The van der Waals surface area contributed by atoms with Crippen LogP contribution in [0.1, 0.15) is 18.4 Å². The quantitative estimate of drug-likeness (QED) is 0.384. The lowest BCUT2D eigenvalue weighted by Crippen LogP contribution is -2.39. The topological polar surface area (TPSA) is 74.9 Å². The maximum Gasteiger partial charge on any atom is 0.172 e. The molecule has 8 heteroatoms. The highest BCUT2D eigenvalue weighted by atomic mass is 79.9. The monoisotopic (exact) mass is 507 g/mol. The zero-order chi connectivity index (χ0) is 22.8. The second-order valence-corrected chi connectivity index (χ2v) is 9.17. The summed E-state index contributed by atoms with van der Waals surface area (Å²) < 4.78 is 7.89. The Kier molecular flexibility index (Phi) is 6.20. The Balaban J connectivity index is 1.31. The normalized spacial score (nSPS) is 15.1. The van der Waals surface area contributed by atoms with Crippen molar-refractivity contribution in [1.82, 2.24) is 19.5 Å². The minimum Gasteiger partial charge on any atom is -0.507 e. The number of para-hydroxylation sites is 1. The number of methoxy groups -OCH3 is 1. The molecular formula is C25H26BrN5O2. The molecule has 0 spiro atoms. The Morgan fingerprint density at radius 3 is 2.61 bits per heavy atom. The third-order valence-electron chi connectivity index (χ3n) is 6.11. The van der Waals surface area contributed by atoms with Crippen molar-refractivity contribution in [3.05, 3.63) is 70.8 Å². The van der Waals surface area contributed by atoms with E-state index in [0.29, 0.717) is 17.3 Å². The molecule has 2 aromatic carbocycles. The minimum atomic E-state index is 0.211. The molecule has 7 nitrogen and oxygen atoms in total. The summed E-state index contributed by atoms with van der Waals surface area (Å²) in [7, 11) is 1.69. The van der Waals surface area contributed by atoms with Crippen LogP contribution >= 0.6 is 15.9 Å². The zero-order valence-corrected chi connectivity index (χ0v) is 20.0. The highest BCUT2D eigenvalue weighted by molar-refractivity contribution is 9.10. The van der Waals surface area contributed by atoms with Crippen molar-refractivity contribution in [2.75, 3.05) is 25.5 Å². The number of likely N-dealkylation sites (tertiary alicyclic amines) is 1. The van der Waals surface area contributed by atoms with E-state index in [1.54, 1.807) is 19.4 Å². The second-order valence-electron chi connectivity index (χ2n) is 8.31. The molecular weight excluding hydrogens is 482 g/mol. The van der Waals surface area contributed by atoms with Crippen LogP contribution in [0.15, 0.2) is 65.3 Å². The molecule has 0 saturated carbocycles. The highest BCUT2D eigenvalue weighted by Gasteiger charge is 2.21. The maximum atomic E-state index is 10.3. The van der Waals surface area contributed by atoms with Gasteiger partial charge in [0.15, 0.2) is 5.65 Å². The summed E-state index contributed by atoms with van der Waals surface area (Å²) >= 11 is 3.55. The third kappa shape index (κ3) is 4.67. The van der Waals surface area contributed by atoms with Crippen LogP contribution in [0.5, 0.6) is 11.5 Å². The predicted octanol–water partition coefficient (Wildman–Crippen LogP) is 4.95. The molecule has 3 heterocycles. The molecule has 0 bridgehead atoms. The van der Waals surface area contributed by atoms with Crippen LogP contribution in [0.4, 0.5) is 5.82 Å². The number of piperidine rings is 1. The van der Waals surface area contributed by atoms with E-state index in [-0.39, 0.29) is 5.75 Å². The molecule has 4 aromatic rings. The maximum absolute atomic E-state index is 10.3. The summed E-state index contributed by atoms with van der Waals surface area (Å²) in [6.45, 7) is 2.99. The van der Waals surface area contributed by atoms with Crippen molar-refractivity contribution < 1.29 is 9.84 Å². The molecule has 0 radical (unpaired) electrons. The van der Waals surface area contributed by atoms with Crippen molar-refractivity contribution in [1.29, 1.82) is 0 Å². The molecule has 5 rings (SSSR count). The summed E-state index contributed by atoms with van der Waals surface area (Å²) in [5, 5.41) is 18.5. The van der Waals surface area contributed by atoms with Crippen LogP contribution in [0.3, 0.4) is 0 Å². The number of ether oxygens (including phenoxy) is 1. The van der Waals surface area contributed by atoms with Gasteiger partial charge in [-0.1, -0.05) is 24.3 Å². The first-order valence-corrected chi connectivity index (χ1v) is 11.8. The Bertz CT molecular complexity index is 1250. The van der Waals surface area contributed by atoms with Gasteiger partial charge in [0.25, 0.3) is 0 Å². The van der Waals surface area contributed by atoms with Gasteiger partial charge in [0, 0.05) is 37.3 Å². The van der Waals surface area contributed by atoms with E-state index in [4.69, 9.17) is 9.72 Å². The number of benzene rings is 2. The largest absolute Gasteiger partial charge is 0.507 e. The number of aromatic nitrogens is 3. The number of hydrogen-bond donors (Lipinski definition) is 2. The van der Waals surface area contributed by atoms with E-state index in [1.807, 2.05) is 40.9 Å². The summed E-state index contributed by atoms with van der Waals surface area (Å²) in [5.41, 5.74) is 3.42. The molecule has 0 aliphatic carbocycles. The third-order valence-corrected chi connectivity index (χ3v) is 6.67. The van der Waals surface area contributed by atoms with E-state index in [0.717, 1.165) is 54.2 Å². The second kappa shape index (κ2) is 9.41. The Morgan fingerprint density at radius 1 is 1.12 bits per heavy atom. The Hall–Kier alpha value is -3.10. The van der Waals surface area contributed by atoms with Crippen LogP contribution in [0.2, 0.25) is 0 Å². The smallest absolute Gasteiger partial charge is 0.172 e. The number of nitrogens with one attached hydrogen (secondary N) is 1. The highest BCUT2D eigenvalue weighted by Crippen LogP contribution is 2.31. The molecule has 0 amide bonds. The van der Waals surface area contributed by atoms with Gasteiger partial charge in [0.2, 0.25) is 0 Å². The van der Waals surface area contributed by atoms with Gasteiger partial charge >= 0.3 is 0 Å². The standard InChI is InChI=1S/C25H26BrN5O2/c1-33-19-8-6-17(7-9-19)16-30-12-10-18(11-13-30)28-24-14-22(20-4-2-3-5-23(20)32)29-25-21(26)15-27-31(24)25/h2-9,14-15,18,28,32H,10-13,16H2,1H3. The fraction of sp³-hybridized carbons (Fsp3) is 0.280. The molecule has 1 saturated heterocycles. The number of aromatic hydroxyl groups is 1. The van der Waals surface area contributed by atoms with Crippen molar-refractivity contribution in [3.63, 3.8) is 0 Å². The van der Waals surface area contributed by atoms with Crippen LogP contribution in [-0.4, -0.2) is 50.8 Å². The molecule has 2 aromatic heterocycles. The fourth-order valence-electron chi connectivity index (χ4n) is 4.30. The first kappa shape index (κ1) is 21.7. The Morgan fingerprint density at radius 2 is 1.88 bits per heavy atom. The fourth-order valence-corrected chi connectivity index (χ4v) is 4.65. The molecule has 33 heavy (non-hydrogen) atoms.